The van der Waals surface area contributed by atoms with Gasteiger partial charge < -0.3 is 15.3 Å². The number of urea groups is 1. The summed E-state index contributed by atoms with van der Waals surface area (Å²) >= 11 is 0. The van der Waals surface area contributed by atoms with Gasteiger partial charge in [-0.3, -0.25) is 0 Å². The van der Waals surface area contributed by atoms with E-state index >= 15 is 0 Å². The van der Waals surface area contributed by atoms with Crippen LogP contribution in [0.1, 0.15) is 29.6 Å². The first kappa shape index (κ1) is 13.4. The van der Waals surface area contributed by atoms with Gasteiger partial charge in [0.2, 0.25) is 0 Å². The molecule has 1 aromatic rings. The molecule has 0 saturated heterocycles. The summed E-state index contributed by atoms with van der Waals surface area (Å²) < 4.78 is 0. The van der Waals surface area contributed by atoms with Gasteiger partial charge in [0, 0.05) is 13.6 Å². The van der Waals surface area contributed by atoms with Gasteiger partial charge in [-0.05, 0) is 30.9 Å². The normalized spacial score (nSPS) is 14.6. The van der Waals surface area contributed by atoms with Crippen LogP contribution in [0.3, 0.4) is 0 Å². The third kappa shape index (κ3) is 3.24. The van der Waals surface area contributed by atoms with Crippen LogP contribution < -0.4 is 5.32 Å². The van der Waals surface area contributed by atoms with Crippen molar-refractivity contribution < 1.29 is 14.7 Å². The number of anilines is 1. The van der Waals surface area contributed by atoms with Crippen LogP contribution in [0.2, 0.25) is 0 Å². The number of carboxylic acid groups (broad SMARTS) is 1. The lowest BCUT2D eigenvalue weighted by molar-refractivity contribution is 0.0698. The Balaban J connectivity index is 1.99. The summed E-state index contributed by atoms with van der Waals surface area (Å²) in [6.45, 7) is 0.723. The number of amides is 2. The largest absolute Gasteiger partial charge is 0.478 e. The summed E-state index contributed by atoms with van der Waals surface area (Å²) in [5.41, 5.74) is 0.438. The standard InChI is InChI=1S/C14H18N2O3/c1-16(9-10-5-4-6-10)14(19)15-12-8-3-2-7-11(12)13(17)18/h2-3,7-8,10H,4-6,9H2,1H3,(H,15,19)(H,17,18). The smallest absolute Gasteiger partial charge is 0.337 e. The molecule has 19 heavy (non-hydrogen) atoms. The van der Waals surface area contributed by atoms with Crippen LogP contribution in [-0.4, -0.2) is 35.6 Å². The van der Waals surface area contributed by atoms with Gasteiger partial charge in [-0.15, -0.1) is 0 Å². The van der Waals surface area contributed by atoms with Crippen LogP contribution >= 0.6 is 0 Å². The van der Waals surface area contributed by atoms with Gasteiger partial charge in [-0.25, -0.2) is 9.59 Å². The Bertz CT molecular complexity index is 483. The number of aromatic carboxylic acids is 1. The lowest BCUT2D eigenvalue weighted by Crippen LogP contribution is -2.37. The Morgan fingerprint density at radius 2 is 2.05 bits per heavy atom. The van der Waals surface area contributed by atoms with Crippen LogP contribution in [-0.2, 0) is 0 Å². The maximum absolute atomic E-state index is 12.0. The molecule has 1 aliphatic rings. The third-order valence-electron chi connectivity index (χ3n) is 3.50. The highest BCUT2D eigenvalue weighted by Crippen LogP contribution is 2.27. The van der Waals surface area contributed by atoms with E-state index in [0.717, 1.165) is 6.54 Å². The van der Waals surface area contributed by atoms with Crippen molar-refractivity contribution in [2.75, 3.05) is 18.9 Å². The van der Waals surface area contributed by atoms with Crippen molar-refractivity contribution in [1.82, 2.24) is 4.90 Å². The first-order valence-corrected chi connectivity index (χ1v) is 6.42. The molecule has 0 aliphatic heterocycles. The van der Waals surface area contributed by atoms with E-state index in [1.165, 1.54) is 25.3 Å². The molecule has 1 aliphatic carbocycles. The average Bonchev–Trinajstić information content (AvgIpc) is 2.33. The Labute approximate surface area is 112 Å². The van der Waals surface area contributed by atoms with Gasteiger partial charge in [-0.1, -0.05) is 18.6 Å². The number of rotatable bonds is 4. The van der Waals surface area contributed by atoms with Crippen molar-refractivity contribution in [3.05, 3.63) is 29.8 Å². The molecular formula is C14H18N2O3. The second-order valence-corrected chi connectivity index (χ2v) is 4.96. The minimum absolute atomic E-state index is 0.105. The summed E-state index contributed by atoms with van der Waals surface area (Å²) in [6, 6.07) is 6.15. The molecule has 5 nitrogen and oxygen atoms in total. The van der Waals surface area contributed by atoms with Crippen LogP contribution in [0.15, 0.2) is 24.3 Å². The van der Waals surface area contributed by atoms with E-state index in [2.05, 4.69) is 5.32 Å². The zero-order chi connectivity index (χ0) is 13.8. The fourth-order valence-corrected chi connectivity index (χ4v) is 2.13. The highest BCUT2D eigenvalue weighted by molar-refractivity contribution is 5.99. The Morgan fingerprint density at radius 3 is 2.63 bits per heavy atom. The van der Waals surface area contributed by atoms with Crippen molar-refractivity contribution in [2.45, 2.75) is 19.3 Å². The second kappa shape index (κ2) is 5.73. The van der Waals surface area contributed by atoms with Gasteiger partial charge >= 0.3 is 12.0 Å². The number of hydrogen-bond donors (Lipinski definition) is 2. The van der Waals surface area contributed by atoms with Crippen LogP contribution in [0.4, 0.5) is 10.5 Å². The number of benzene rings is 1. The van der Waals surface area contributed by atoms with Gasteiger partial charge in [0.25, 0.3) is 0 Å². The molecule has 0 unspecified atom stereocenters. The fraction of sp³-hybridized carbons (Fsp3) is 0.429. The van der Waals surface area contributed by atoms with E-state index in [1.54, 1.807) is 30.1 Å². The average molecular weight is 262 g/mol. The molecule has 1 saturated carbocycles. The molecule has 0 bridgehead atoms. The zero-order valence-corrected chi connectivity index (χ0v) is 10.9. The number of nitrogens with one attached hydrogen (secondary N) is 1. The summed E-state index contributed by atoms with van der Waals surface area (Å²) in [7, 11) is 1.73. The number of carbonyl (C=O) groups is 2. The van der Waals surface area contributed by atoms with Crippen molar-refractivity contribution in [3.8, 4) is 0 Å². The van der Waals surface area contributed by atoms with E-state index in [9.17, 15) is 9.59 Å². The van der Waals surface area contributed by atoms with E-state index in [4.69, 9.17) is 5.11 Å². The zero-order valence-electron chi connectivity index (χ0n) is 10.9. The minimum Gasteiger partial charge on any atom is -0.478 e. The molecule has 102 valence electrons. The van der Waals surface area contributed by atoms with Gasteiger partial charge in [0.05, 0.1) is 11.3 Å². The summed E-state index contributed by atoms with van der Waals surface area (Å²) in [5.74, 6) is -0.456. The quantitative estimate of drug-likeness (QED) is 0.876. The summed E-state index contributed by atoms with van der Waals surface area (Å²) in [5, 5.41) is 11.7. The first-order chi connectivity index (χ1) is 9.08. The predicted octanol–water partition coefficient (Wildman–Crippen LogP) is 2.65. The Hall–Kier alpha value is -2.04. The van der Waals surface area contributed by atoms with Gasteiger partial charge in [-0.2, -0.15) is 0 Å². The molecular weight excluding hydrogens is 244 g/mol. The van der Waals surface area contributed by atoms with Gasteiger partial charge in [0.1, 0.15) is 0 Å². The number of carboxylic acids is 1. The van der Waals surface area contributed by atoms with Crippen molar-refractivity contribution in [2.24, 2.45) is 5.92 Å². The molecule has 0 radical (unpaired) electrons. The van der Waals surface area contributed by atoms with E-state index < -0.39 is 5.97 Å². The third-order valence-corrected chi connectivity index (χ3v) is 3.50. The van der Waals surface area contributed by atoms with E-state index in [1.807, 2.05) is 0 Å². The maximum Gasteiger partial charge on any atom is 0.337 e. The fourth-order valence-electron chi connectivity index (χ4n) is 2.13. The monoisotopic (exact) mass is 262 g/mol. The second-order valence-electron chi connectivity index (χ2n) is 4.96. The lowest BCUT2D eigenvalue weighted by atomic mass is 9.85. The SMILES string of the molecule is CN(CC1CCC1)C(=O)Nc1ccccc1C(=O)O. The van der Waals surface area contributed by atoms with Crippen molar-refractivity contribution in [1.29, 1.82) is 0 Å². The lowest BCUT2D eigenvalue weighted by Gasteiger charge is -2.30. The summed E-state index contributed by atoms with van der Waals surface area (Å²) in [4.78, 5) is 24.6. The molecule has 2 rings (SSSR count). The van der Waals surface area contributed by atoms with E-state index in [-0.39, 0.29) is 11.6 Å². The molecule has 0 aromatic heterocycles. The minimum atomic E-state index is -1.04. The topological polar surface area (TPSA) is 69.6 Å². The molecule has 2 amide bonds. The Morgan fingerprint density at radius 1 is 1.37 bits per heavy atom. The number of carbonyl (C=O) groups excluding carboxylic acids is 1. The van der Waals surface area contributed by atoms with Crippen molar-refractivity contribution >= 4 is 17.7 Å². The highest BCUT2D eigenvalue weighted by atomic mass is 16.4. The molecule has 1 aromatic carbocycles. The summed E-state index contributed by atoms with van der Waals surface area (Å²) in [6.07, 6.45) is 3.58. The Kier molecular flexibility index (Phi) is 4.04. The molecule has 0 spiro atoms. The number of para-hydroxylation sites is 1. The van der Waals surface area contributed by atoms with Crippen molar-refractivity contribution in [3.63, 3.8) is 0 Å². The van der Waals surface area contributed by atoms with Crippen LogP contribution in [0, 0.1) is 5.92 Å². The molecule has 5 heteroatoms. The number of nitrogens with zero attached hydrogens (tertiary/aromatic N) is 1. The maximum atomic E-state index is 12.0. The number of hydrogen-bond acceptors (Lipinski definition) is 2. The molecule has 1 fully saturated rings. The molecule has 2 N–H and O–H groups in total. The molecule has 0 heterocycles. The van der Waals surface area contributed by atoms with Crippen LogP contribution in [0.25, 0.3) is 0 Å². The first-order valence-electron chi connectivity index (χ1n) is 6.42. The molecule has 0 atom stereocenters. The van der Waals surface area contributed by atoms with Crippen LogP contribution in [0.5, 0.6) is 0 Å². The predicted molar refractivity (Wildman–Crippen MR) is 72.4 cm³/mol. The highest BCUT2D eigenvalue weighted by Gasteiger charge is 2.22. The van der Waals surface area contributed by atoms with E-state index in [0.29, 0.717) is 11.6 Å². The van der Waals surface area contributed by atoms with Gasteiger partial charge in [0.15, 0.2) is 0 Å².